The molecule has 1 aromatic heterocycles. The largest absolute Gasteiger partial charge is 0.435 e. The van der Waals surface area contributed by atoms with Crippen molar-refractivity contribution in [3.05, 3.63) is 42.2 Å². The molecule has 2 heterocycles. The fourth-order valence-corrected chi connectivity index (χ4v) is 2.50. The molecule has 0 radical (unpaired) electrons. The zero-order valence-corrected chi connectivity index (χ0v) is 12.3. The van der Waals surface area contributed by atoms with Crippen LogP contribution >= 0.6 is 0 Å². The maximum absolute atomic E-state index is 13.4. The van der Waals surface area contributed by atoms with Gasteiger partial charge in [-0.05, 0) is 12.1 Å². The minimum absolute atomic E-state index is 0.0417. The lowest BCUT2D eigenvalue weighted by atomic mass is 10.1. The van der Waals surface area contributed by atoms with E-state index in [0.717, 1.165) is 10.9 Å². The van der Waals surface area contributed by atoms with Gasteiger partial charge in [-0.3, -0.25) is 9.59 Å². The summed E-state index contributed by atoms with van der Waals surface area (Å²) in [5.74, 6) is -1.64. The van der Waals surface area contributed by atoms with E-state index in [1.54, 1.807) is 18.2 Å². The SMILES string of the molecule is O=C1CC(C(=O)Nc2cnn(-c3ccccc3)c2C(F)(F)F)CN1. The van der Waals surface area contributed by atoms with E-state index in [2.05, 4.69) is 15.7 Å². The fourth-order valence-electron chi connectivity index (χ4n) is 2.50. The number of aromatic nitrogens is 2. The van der Waals surface area contributed by atoms with Crippen molar-refractivity contribution in [2.45, 2.75) is 12.6 Å². The average Bonchev–Trinajstić information content (AvgIpc) is 3.14. The Bertz CT molecular complexity index is 771. The molecule has 1 saturated heterocycles. The van der Waals surface area contributed by atoms with Crippen LogP contribution < -0.4 is 10.6 Å². The van der Waals surface area contributed by atoms with Crippen LogP contribution in [-0.2, 0) is 15.8 Å². The minimum atomic E-state index is -4.71. The van der Waals surface area contributed by atoms with Crippen molar-refractivity contribution in [3.63, 3.8) is 0 Å². The van der Waals surface area contributed by atoms with Crippen LogP contribution in [0.4, 0.5) is 18.9 Å². The molecule has 1 fully saturated rings. The molecule has 3 rings (SSSR count). The van der Waals surface area contributed by atoms with Crippen molar-refractivity contribution in [3.8, 4) is 5.69 Å². The summed E-state index contributed by atoms with van der Waals surface area (Å²) < 4.78 is 41.0. The van der Waals surface area contributed by atoms with Gasteiger partial charge in [-0.15, -0.1) is 0 Å². The van der Waals surface area contributed by atoms with Crippen molar-refractivity contribution in [1.29, 1.82) is 0 Å². The van der Waals surface area contributed by atoms with E-state index in [9.17, 15) is 22.8 Å². The molecule has 6 nitrogen and oxygen atoms in total. The maximum atomic E-state index is 13.4. The van der Waals surface area contributed by atoms with Crippen LogP contribution in [0.5, 0.6) is 0 Å². The molecular formula is C15H13F3N4O2. The van der Waals surface area contributed by atoms with Gasteiger partial charge in [0.05, 0.1) is 23.5 Å². The topological polar surface area (TPSA) is 76.0 Å². The van der Waals surface area contributed by atoms with E-state index in [4.69, 9.17) is 0 Å². The Morgan fingerprint density at radius 1 is 1.29 bits per heavy atom. The Balaban J connectivity index is 1.92. The van der Waals surface area contributed by atoms with Crippen LogP contribution in [-0.4, -0.2) is 28.1 Å². The Labute approximate surface area is 134 Å². The van der Waals surface area contributed by atoms with E-state index < -0.39 is 29.4 Å². The number of carbonyl (C=O) groups excluding carboxylic acids is 2. The summed E-state index contributed by atoms with van der Waals surface area (Å²) in [6.07, 6.45) is -3.80. The Morgan fingerprint density at radius 3 is 2.58 bits per heavy atom. The van der Waals surface area contributed by atoms with Gasteiger partial charge in [-0.25, -0.2) is 4.68 Å². The third kappa shape index (κ3) is 3.10. The quantitative estimate of drug-likeness (QED) is 0.898. The van der Waals surface area contributed by atoms with Gasteiger partial charge in [-0.2, -0.15) is 18.3 Å². The number of amides is 2. The molecule has 1 aliphatic heterocycles. The Hall–Kier alpha value is -2.84. The van der Waals surface area contributed by atoms with E-state index in [1.165, 1.54) is 12.1 Å². The molecule has 2 N–H and O–H groups in total. The average molecular weight is 338 g/mol. The van der Waals surface area contributed by atoms with Crippen LogP contribution in [0.15, 0.2) is 36.5 Å². The molecule has 126 valence electrons. The second-order valence-corrected chi connectivity index (χ2v) is 5.35. The summed E-state index contributed by atoms with van der Waals surface area (Å²) in [6, 6.07) is 7.81. The van der Waals surface area contributed by atoms with Crippen molar-refractivity contribution in [2.75, 3.05) is 11.9 Å². The van der Waals surface area contributed by atoms with Crippen molar-refractivity contribution < 1.29 is 22.8 Å². The summed E-state index contributed by atoms with van der Waals surface area (Å²) in [5, 5.41) is 8.45. The highest BCUT2D eigenvalue weighted by atomic mass is 19.4. The molecular weight excluding hydrogens is 325 g/mol. The van der Waals surface area contributed by atoms with E-state index >= 15 is 0 Å². The predicted molar refractivity (Wildman–Crippen MR) is 78.3 cm³/mol. The number of benzene rings is 1. The van der Waals surface area contributed by atoms with Gasteiger partial charge in [0, 0.05) is 13.0 Å². The zero-order chi connectivity index (χ0) is 17.3. The van der Waals surface area contributed by atoms with E-state index in [1.807, 2.05) is 0 Å². The number of alkyl halides is 3. The van der Waals surface area contributed by atoms with Gasteiger partial charge in [-0.1, -0.05) is 18.2 Å². The Kier molecular flexibility index (Phi) is 4.00. The van der Waals surface area contributed by atoms with Gasteiger partial charge >= 0.3 is 6.18 Å². The molecule has 1 aromatic carbocycles. The lowest BCUT2D eigenvalue weighted by Gasteiger charge is -2.14. The third-order valence-corrected chi connectivity index (χ3v) is 3.64. The van der Waals surface area contributed by atoms with E-state index in [-0.39, 0.29) is 24.6 Å². The van der Waals surface area contributed by atoms with Crippen LogP contribution in [0.3, 0.4) is 0 Å². The highest BCUT2D eigenvalue weighted by Crippen LogP contribution is 2.36. The lowest BCUT2D eigenvalue weighted by molar-refractivity contribution is -0.142. The Morgan fingerprint density at radius 2 is 2.00 bits per heavy atom. The molecule has 24 heavy (non-hydrogen) atoms. The van der Waals surface area contributed by atoms with Crippen molar-refractivity contribution >= 4 is 17.5 Å². The monoisotopic (exact) mass is 338 g/mol. The van der Waals surface area contributed by atoms with Crippen LogP contribution in [0.2, 0.25) is 0 Å². The predicted octanol–water partition coefficient (Wildman–Crippen LogP) is 1.97. The summed E-state index contributed by atoms with van der Waals surface area (Å²) in [5.41, 5.74) is -1.28. The van der Waals surface area contributed by atoms with Crippen molar-refractivity contribution in [1.82, 2.24) is 15.1 Å². The summed E-state index contributed by atoms with van der Waals surface area (Å²) >= 11 is 0. The summed E-state index contributed by atoms with van der Waals surface area (Å²) in [7, 11) is 0. The number of hydrogen-bond donors (Lipinski definition) is 2. The maximum Gasteiger partial charge on any atom is 0.435 e. The lowest BCUT2D eigenvalue weighted by Crippen LogP contribution is -2.26. The van der Waals surface area contributed by atoms with Gasteiger partial charge < -0.3 is 10.6 Å². The molecule has 0 aliphatic carbocycles. The molecule has 1 unspecified atom stereocenters. The molecule has 0 bridgehead atoms. The van der Waals surface area contributed by atoms with E-state index in [0.29, 0.717) is 0 Å². The number of carbonyl (C=O) groups is 2. The smallest absolute Gasteiger partial charge is 0.355 e. The number of halogens is 3. The number of nitrogens with one attached hydrogen (secondary N) is 2. The normalized spacial score (nSPS) is 17.6. The number of hydrogen-bond acceptors (Lipinski definition) is 3. The number of para-hydroxylation sites is 1. The van der Waals surface area contributed by atoms with Crippen LogP contribution in [0, 0.1) is 5.92 Å². The first-order chi connectivity index (χ1) is 11.4. The molecule has 0 saturated carbocycles. The second kappa shape index (κ2) is 5.99. The zero-order valence-electron chi connectivity index (χ0n) is 12.3. The van der Waals surface area contributed by atoms with Gasteiger partial charge in [0.15, 0.2) is 5.69 Å². The molecule has 2 amide bonds. The molecule has 1 aliphatic rings. The van der Waals surface area contributed by atoms with Crippen molar-refractivity contribution in [2.24, 2.45) is 5.92 Å². The second-order valence-electron chi connectivity index (χ2n) is 5.35. The number of nitrogens with zero attached hydrogens (tertiary/aromatic N) is 2. The molecule has 9 heteroatoms. The molecule has 1 atom stereocenters. The number of anilines is 1. The first kappa shape index (κ1) is 16.0. The van der Waals surface area contributed by atoms with Gasteiger partial charge in [0.25, 0.3) is 0 Å². The van der Waals surface area contributed by atoms with Gasteiger partial charge in [0.1, 0.15) is 0 Å². The minimum Gasteiger partial charge on any atom is -0.355 e. The fraction of sp³-hybridized carbons (Fsp3) is 0.267. The molecule has 2 aromatic rings. The molecule has 0 spiro atoms. The highest BCUT2D eigenvalue weighted by molar-refractivity contribution is 5.97. The third-order valence-electron chi connectivity index (χ3n) is 3.64. The highest BCUT2D eigenvalue weighted by Gasteiger charge is 2.40. The van der Waals surface area contributed by atoms with Crippen LogP contribution in [0.1, 0.15) is 12.1 Å². The van der Waals surface area contributed by atoms with Gasteiger partial charge in [0.2, 0.25) is 11.8 Å². The summed E-state index contributed by atoms with van der Waals surface area (Å²) in [6.45, 7) is 0.110. The first-order valence-electron chi connectivity index (χ1n) is 7.14. The number of rotatable bonds is 3. The van der Waals surface area contributed by atoms with Crippen LogP contribution in [0.25, 0.3) is 5.69 Å². The first-order valence-corrected chi connectivity index (χ1v) is 7.14. The standard InChI is InChI=1S/C15H13F3N4O2/c16-15(17,18)13-11(21-14(24)9-6-12(23)19-7-9)8-20-22(13)10-4-2-1-3-5-10/h1-5,8-9H,6-7H2,(H,19,23)(H,21,24). The summed E-state index contributed by atoms with van der Waals surface area (Å²) in [4.78, 5) is 23.2.